The van der Waals surface area contributed by atoms with Gasteiger partial charge in [0.25, 0.3) is 0 Å². The Morgan fingerprint density at radius 2 is 2.14 bits per heavy atom. The van der Waals surface area contributed by atoms with Gasteiger partial charge in [0.15, 0.2) is 0 Å². The number of carbonyl (C=O) groups is 1. The van der Waals surface area contributed by atoms with Crippen LogP contribution in [0.25, 0.3) is 0 Å². The number of benzene rings is 1. The first kappa shape index (κ1) is 13.5. The fourth-order valence-corrected chi connectivity index (χ4v) is 2.41. The van der Waals surface area contributed by atoms with Crippen LogP contribution in [-0.2, 0) is 11.2 Å². The molecule has 7 heteroatoms. The molecule has 1 aliphatic rings. The molecule has 1 aromatic heterocycles. The van der Waals surface area contributed by atoms with Crippen LogP contribution in [0.4, 0.5) is 15.8 Å². The quantitative estimate of drug-likeness (QED) is 0.839. The third-order valence-corrected chi connectivity index (χ3v) is 3.47. The van der Waals surface area contributed by atoms with Crippen molar-refractivity contribution in [3.8, 4) is 0 Å². The zero-order valence-electron chi connectivity index (χ0n) is 11.8. The van der Waals surface area contributed by atoms with Crippen molar-refractivity contribution in [2.75, 3.05) is 29.9 Å². The smallest absolute Gasteiger partial charge is 0.236 e. The lowest BCUT2D eigenvalue weighted by Crippen LogP contribution is -2.43. The van der Waals surface area contributed by atoms with Crippen molar-refractivity contribution in [1.29, 1.82) is 0 Å². The number of halogens is 1. The van der Waals surface area contributed by atoms with Crippen LogP contribution in [0.3, 0.4) is 0 Å². The summed E-state index contributed by atoms with van der Waals surface area (Å²) in [6, 6.07) is 4.41. The van der Waals surface area contributed by atoms with E-state index < -0.39 is 0 Å². The lowest BCUT2D eigenvalue weighted by molar-refractivity contribution is -0.118. The molecule has 110 valence electrons. The van der Waals surface area contributed by atoms with Gasteiger partial charge in [0.05, 0.1) is 11.4 Å². The maximum absolute atomic E-state index is 13.4. The molecular weight excluding hydrogens is 275 g/mol. The second-order valence-electron chi connectivity index (χ2n) is 4.99. The molecule has 3 rings (SSSR count). The molecule has 0 saturated heterocycles. The molecule has 0 bridgehead atoms. The molecule has 1 amide bonds. The van der Waals surface area contributed by atoms with E-state index in [0.29, 0.717) is 36.2 Å². The lowest BCUT2D eigenvalue weighted by Gasteiger charge is -2.35. The largest absolute Gasteiger partial charge is 0.425 e. The number of likely N-dealkylation sites (N-methyl/N-ethyl adjacent to an activating group) is 1. The van der Waals surface area contributed by atoms with E-state index in [1.807, 2.05) is 11.9 Å². The molecule has 6 nitrogen and oxygen atoms in total. The predicted octanol–water partition coefficient (Wildman–Crippen LogP) is 1.54. The topological polar surface area (TPSA) is 62.5 Å². The van der Waals surface area contributed by atoms with Gasteiger partial charge in [0.2, 0.25) is 17.7 Å². The number of amides is 1. The number of aromatic nitrogens is 2. The zero-order valence-corrected chi connectivity index (χ0v) is 11.8. The molecule has 0 saturated carbocycles. The zero-order chi connectivity index (χ0) is 15.0. The highest BCUT2D eigenvalue weighted by Crippen LogP contribution is 2.33. The summed E-state index contributed by atoms with van der Waals surface area (Å²) in [6.07, 6.45) is 0.0430. The van der Waals surface area contributed by atoms with E-state index in [4.69, 9.17) is 4.42 Å². The molecule has 0 spiro atoms. The molecule has 1 aliphatic heterocycles. The summed E-state index contributed by atoms with van der Waals surface area (Å²) >= 11 is 0. The van der Waals surface area contributed by atoms with E-state index in [9.17, 15) is 9.18 Å². The molecule has 0 N–H and O–H groups in total. The maximum Gasteiger partial charge on any atom is 0.236 e. The maximum atomic E-state index is 13.4. The molecule has 2 heterocycles. The van der Waals surface area contributed by atoms with Crippen molar-refractivity contribution in [1.82, 2.24) is 10.2 Å². The predicted molar refractivity (Wildman–Crippen MR) is 74.8 cm³/mol. The summed E-state index contributed by atoms with van der Waals surface area (Å²) < 4.78 is 18.6. The minimum Gasteiger partial charge on any atom is -0.425 e. The van der Waals surface area contributed by atoms with Crippen molar-refractivity contribution >= 4 is 17.3 Å². The second-order valence-corrected chi connectivity index (χ2v) is 4.99. The number of hydrogen-bond donors (Lipinski definition) is 0. The second kappa shape index (κ2) is 5.16. The Morgan fingerprint density at radius 3 is 2.86 bits per heavy atom. The normalized spacial score (nSPS) is 14.2. The van der Waals surface area contributed by atoms with Gasteiger partial charge in [-0.25, -0.2) is 4.39 Å². The number of hydrogen-bond acceptors (Lipinski definition) is 5. The van der Waals surface area contributed by atoms with Crippen LogP contribution in [0.2, 0.25) is 0 Å². The van der Waals surface area contributed by atoms with Gasteiger partial charge >= 0.3 is 0 Å². The average molecular weight is 290 g/mol. The standard InChI is InChI=1S/C14H15FN4O2/c1-9-16-17-13(21-9)8-14(20)19-6-5-18(2)12-7-10(15)3-4-11(12)19/h3-4,7H,5-6,8H2,1-2H3. The third kappa shape index (κ3) is 2.58. The first-order valence-corrected chi connectivity index (χ1v) is 6.64. The van der Waals surface area contributed by atoms with Gasteiger partial charge in [-0.05, 0) is 18.2 Å². The van der Waals surface area contributed by atoms with E-state index in [1.54, 1.807) is 17.9 Å². The Bertz CT molecular complexity index is 685. The van der Waals surface area contributed by atoms with Crippen LogP contribution in [0.5, 0.6) is 0 Å². The first-order chi connectivity index (χ1) is 10.0. The summed E-state index contributed by atoms with van der Waals surface area (Å²) in [4.78, 5) is 16.0. The highest BCUT2D eigenvalue weighted by atomic mass is 19.1. The molecule has 0 aliphatic carbocycles. The van der Waals surface area contributed by atoms with Crippen molar-refractivity contribution in [2.24, 2.45) is 0 Å². The molecule has 0 fully saturated rings. The summed E-state index contributed by atoms with van der Waals surface area (Å²) in [5, 5.41) is 7.54. The summed E-state index contributed by atoms with van der Waals surface area (Å²) in [7, 11) is 1.88. The third-order valence-electron chi connectivity index (χ3n) is 3.47. The fourth-order valence-electron chi connectivity index (χ4n) is 2.41. The minimum atomic E-state index is -0.317. The van der Waals surface area contributed by atoms with Gasteiger partial charge in [0.1, 0.15) is 12.2 Å². The van der Waals surface area contributed by atoms with E-state index in [2.05, 4.69) is 10.2 Å². The van der Waals surface area contributed by atoms with Gasteiger partial charge in [-0.15, -0.1) is 10.2 Å². The summed E-state index contributed by atoms with van der Waals surface area (Å²) in [5.74, 6) is 0.265. The van der Waals surface area contributed by atoms with Crippen molar-refractivity contribution in [3.63, 3.8) is 0 Å². The van der Waals surface area contributed by atoms with Crippen LogP contribution < -0.4 is 9.80 Å². The van der Waals surface area contributed by atoms with E-state index in [-0.39, 0.29) is 18.1 Å². The minimum absolute atomic E-state index is 0.0430. The molecule has 21 heavy (non-hydrogen) atoms. The van der Waals surface area contributed by atoms with Gasteiger partial charge in [-0.3, -0.25) is 4.79 Å². The highest BCUT2D eigenvalue weighted by molar-refractivity contribution is 5.98. The van der Waals surface area contributed by atoms with Crippen LogP contribution in [0, 0.1) is 12.7 Å². The van der Waals surface area contributed by atoms with Gasteiger partial charge in [0, 0.05) is 27.1 Å². The molecule has 0 unspecified atom stereocenters. The van der Waals surface area contributed by atoms with Crippen molar-refractivity contribution < 1.29 is 13.6 Å². The van der Waals surface area contributed by atoms with E-state index in [0.717, 1.165) is 0 Å². The number of aryl methyl sites for hydroxylation is 1. The summed E-state index contributed by atoms with van der Waals surface area (Å²) in [5.41, 5.74) is 1.41. The Morgan fingerprint density at radius 1 is 1.33 bits per heavy atom. The van der Waals surface area contributed by atoms with Crippen LogP contribution in [0.1, 0.15) is 11.8 Å². The molecule has 1 aromatic carbocycles. The van der Waals surface area contributed by atoms with Gasteiger partial charge in [-0.1, -0.05) is 0 Å². The fraction of sp³-hybridized carbons (Fsp3) is 0.357. The highest BCUT2D eigenvalue weighted by Gasteiger charge is 2.26. The Hall–Kier alpha value is -2.44. The molecule has 0 atom stereocenters. The Kier molecular flexibility index (Phi) is 3.32. The molecule has 0 radical (unpaired) electrons. The number of rotatable bonds is 2. The van der Waals surface area contributed by atoms with Crippen molar-refractivity contribution in [2.45, 2.75) is 13.3 Å². The van der Waals surface area contributed by atoms with Gasteiger partial charge in [-0.2, -0.15) is 0 Å². The Balaban J connectivity index is 1.86. The van der Waals surface area contributed by atoms with Crippen LogP contribution in [-0.4, -0.2) is 36.2 Å². The van der Waals surface area contributed by atoms with Crippen LogP contribution >= 0.6 is 0 Å². The molecule has 2 aromatic rings. The number of fused-ring (bicyclic) bond motifs is 1. The van der Waals surface area contributed by atoms with Crippen LogP contribution in [0.15, 0.2) is 22.6 Å². The van der Waals surface area contributed by atoms with Crippen molar-refractivity contribution in [3.05, 3.63) is 35.8 Å². The lowest BCUT2D eigenvalue weighted by atomic mass is 10.1. The number of anilines is 2. The monoisotopic (exact) mass is 290 g/mol. The average Bonchev–Trinajstić information content (AvgIpc) is 2.85. The number of carbonyl (C=O) groups excluding carboxylic acids is 1. The Labute approximate surface area is 121 Å². The SMILES string of the molecule is Cc1nnc(CC(=O)N2CCN(C)c3cc(F)ccc32)o1. The summed E-state index contributed by atoms with van der Waals surface area (Å²) in [6.45, 7) is 2.86. The van der Waals surface area contributed by atoms with E-state index in [1.165, 1.54) is 12.1 Å². The van der Waals surface area contributed by atoms with Gasteiger partial charge < -0.3 is 14.2 Å². The number of nitrogens with zero attached hydrogens (tertiary/aromatic N) is 4. The first-order valence-electron chi connectivity index (χ1n) is 6.64. The van der Waals surface area contributed by atoms with E-state index >= 15 is 0 Å². The molecular formula is C14H15FN4O2.